The number of nitrogens with zero attached hydrogens (tertiary/aromatic N) is 4. The van der Waals surface area contributed by atoms with Gasteiger partial charge in [-0.2, -0.15) is 4.98 Å². The molecule has 2 aromatic heterocycles. The Bertz CT molecular complexity index is 1640. The Morgan fingerprint density at radius 1 is 1.07 bits per heavy atom. The summed E-state index contributed by atoms with van der Waals surface area (Å²) in [5.41, 5.74) is 4.60. The SMILES string of the molecule is CCOC(=O)c1sc(Nc2nc3c(c(NCc4ccc(S(N)(=O)=O)cc4)n2)CCN(Cc2ccccc2)C3)nc1C. The molecule has 1 aliphatic heterocycles. The lowest BCUT2D eigenvalue weighted by molar-refractivity contribution is 0.0531. The zero-order valence-electron chi connectivity index (χ0n) is 22.8. The summed E-state index contributed by atoms with van der Waals surface area (Å²) in [6.07, 6.45) is 0.762. The molecule has 0 atom stereocenters. The molecular weight excluding hydrogens is 562 g/mol. The van der Waals surface area contributed by atoms with Crippen LogP contribution in [0.15, 0.2) is 59.5 Å². The number of carbonyl (C=O) groups excluding carboxylic acids is 1. The number of esters is 1. The van der Waals surface area contributed by atoms with Crippen LogP contribution in [0.25, 0.3) is 0 Å². The van der Waals surface area contributed by atoms with Gasteiger partial charge in [-0.1, -0.05) is 53.8 Å². The first-order chi connectivity index (χ1) is 19.7. The van der Waals surface area contributed by atoms with Crippen LogP contribution in [0.3, 0.4) is 0 Å². The Morgan fingerprint density at radius 2 is 1.83 bits per heavy atom. The molecule has 11 nitrogen and oxygen atoms in total. The molecule has 2 aromatic carbocycles. The molecule has 0 spiro atoms. The number of nitrogens with one attached hydrogen (secondary N) is 2. The lowest BCUT2D eigenvalue weighted by atomic mass is 10.0. The molecule has 214 valence electrons. The van der Waals surface area contributed by atoms with E-state index in [-0.39, 0.29) is 11.5 Å². The van der Waals surface area contributed by atoms with E-state index < -0.39 is 16.0 Å². The lowest BCUT2D eigenvalue weighted by Crippen LogP contribution is -2.32. The van der Waals surface area contributed by atoms with Crippen molar-refractivity contribution in [2.45, 2.75) is 44.8 Å². The van der Waals surface area contributed by atoms with Gasteiger partial charge in [0.2, 0.25) is 16.0 Å². The van der Waals surface area contributed by atoms with Crippen molar-refractivity contribution in [3.63, 3.8) is 0 Å². The van der Waals surface area contributed by atoms with E-state index in [0.29, 0.717) is 40.6 Å². The molecule has 0 saturated heterocycles. The van der Waals surface area contributed by atoms with Gasteiger partial charge in [0.05, 0.1) is 22.9 Å². The van der Waals surface area contributed by atoms with Crippen LogP contribution in [0.4, 0.5) is 16.9 Å². The zero-order chi connectivity index (χ0) is 29.0. The van der Waals surface area contributed by atoms with E-state index >= 15 is 0 Å². The van der Waals surface area contributed by atoms with Gasteiger partial charge in [0.15, 0.2) is 5.13 Å². The molecule has 4 N–H and O–H groups in total. The van der Waals surface area contributed by atoms with E-state index in [1.54, 1.807) is 26.0 Å². The number of nitrogens with two attached hydrogens (primary N) is 1. The van der Waals surface area contributed by atoms with Crippen LogP contribution in [0.1, 0.15) is 44.7 Å². The van der Waals surface area contributed by atoms with Crippen molar-refractivity contribution in [3.8, 4) is 0 Å². The molecule has 13 heteroatoms. The number of benzene rings is 2. The van der Waals surface area contributed by atoms with Crippen LogP contribution in [0.5, 0.6) is 0 Å². The van der Waals surface area contributed by atoms with Gasteiger partial charge in [-0.25, -0.2) is 28.3 Å². The van der Waals surface area contributed by atoms with Crippen LogP contribution in [-0.2, 0) is 40.8 Å². The predicted octanol–water partition coefficient (Wildman–Crippen LogP) is 3.98. The van der Waals surface area contributed by atoms with Crippen molar-refractivity contribution in [2.75, 3.05) is 23.8 Å². The molecule has 0 amide bonds. The number of carbonyl (C=O) groups is 1. The number of thiazole rings is 1. The van der Waals surface area contributed by atoms with Crippen LogP contribution < -0.4 is 15.8 Å². The number of aryl methyl sites for hydroxylation is 1. The molecular formula is C28H31N7O4S2. The molecule has 4 aromatic rings. The third-order valence-electron chi connectivity index (χ3n) is 6.58. The summed E-state index contributed by atoms with van der Waals surface area (Å²) in [5.74, 6) is 0.641. The van der Waals surface area contributed by atoms with E-state index in [1.165, 1.54) is 29.0 Å². The van der Waals surface area contributed by atoms with Crippen LogP contribution in [-0.4, -0.2) is 47.4 Å². The molecule has 1 aliphatic rings. The highest BCUT2D eigenvalue weighted by Crippen LogP contribution is 2.30. The smallest absolute Gasteiger partial charge is 0.350 e. The third-order valence-corrected chi connectivity index (χ3v) is 8.56. The van der Waals surface area contributed by atoms with E-state index in [1.807, 2.05) is 18.2 Å². The quantitative estimate of drug-likeness (QED) is 0.230. The number of primary sulfonamides is 1. The topological polar surface area (TPSA) is 152 Å². The lowest BCUT2D eigenvalue weighted by Gasteiger charge is -2.29. The number of fused-ring (bicyclic) bond motifs is 1. The number of anilines is 3. The average Bonchev–Trinajstić information content (AvgIpc) is 3.31. The first-order valence-corrected chi connectivity index (χ1v) is 15.5. The largest absolute Gasteiger partial charge is 0.462 e. The van der Waals surface area contributed by atoms with Gasteiger partial charge >= 0.3 is 5.97 Å². The number of sulfonamides is 1. The molecule has 3 heterocycles. The minimum absolute atomic E-state index is 0.0617. The molecule has 0 bridgehead atoms. The molecule has 0 fully saturated rings. The van der Waals surface area contributed by atoms with Crippen molar-refractivity contribution in [1.82, 2.24) is 19.9 Å². The molecule has 0 unspecified atom stereocenters. The highest BCUT2D eigenvalue weighted by atomic mass is 32.2. The second-order valence-corrected chi connectivity index (χ2v) is 12.1. The van der Waals surface area contributed by atoms with E-state index in [9.17, 15) is 13.2 Å². The second-order valence-electron chi connectivity index (χ2n) is 9.59. The Morgan fingerprint density at radius 3 is 2.54 bits per heavy atom. The number of hydrogen-bond donors (Lipinski definition) is 3. The minimum Gasteiger partial charge on any atom is -0.462 e. The summed E-state index contributed by atoms with van der Waals surface area (Å²) >= 11 is 1.19. The summed E-state index contributed by atoms with van der Waals surface area (Å²) in [5, 5.41) is 12.3. The number of ether oxygens (including phenoxy) is 1. The highest BCUT2D eigenvalue weighted by Gasteiger charge is 2.24. The fraction of sp³-hybridized carbons (Fsp3) is 0.286. The summed E-state index contributed by atoms with van der Waals surface area (Å²) in [6, 6.07) is 16.7. The minimum atomic E-state index is -3.76. The monoisotopic (exact) mass is 593 g/mol. The van der Waals surface area contributed by atoms with Crippen LogP contribution >= 0.6 is 11.3 Å². The number of hydrogen-bond acceptors (Lipinski definition) is 11. The van der Waals surface area contributed by atoms with Gasteiger partial charge in [0.25, 0.3) is 0 Å². The predicted molar refractivity (Wildman–Crippen MR) is 158 cm³/mol. The maximum absolute atomic E-state index is 12.3. The first kappa shape index (κ1) is 28.6. The molecule has 41 heavy (non-hydrogen) atoms. The van der Waals surface area contributed by atoms with Crippen LogP contribution in [0, 0.1) is 6.92 Å². The maximum atomic E-state index is 12.3. The van der Waals surface area contributed by atoms with Crippen molar-refractivity contribution in [3.05, 3.63) is 87.6 Å². The summed E-state index contributed by atoms with van der Waals surface area (Å²) < 4.78 is 28.4. The summed E-state index contributed by atoms with van der Waals surface area (Å²) in [4.78, 5) is 29.2. The van der Waals surface area contributed by atoms with E-state index in [0.717, 1.165) is 36.3 Å². The Kier molecular flexibility index (Phi) is 8.59. The fourth-order valence-corrected chi connectivity index (χ4v) is 5.95. The summed E-state index contributed by atoms with van der Waals surface area (Å²) in [7, 11) is -3.76. The van der Waals surface area contributed by atoms with Crippen molar-refractivity contribution in [1.29, 1.82) is 0 Å². The Labute approximate surface area is 242 Å². The fourth-order valence-electron chi connectivity index (χ4n) is 4.58. The Hall–Kier alpha value is -3.91. The van der Waals surface area contributed by atoms with Crippen molar-refractivity contribution >= 4 is 44.2 Å². The molecule has 5 rings (SSSR count). The van der Waals surface area contributed by atoms with Crippen LogP contribution in [0.2, 0.25) is 0 Å². The maximum Gasteiger partial charge on any atom is 0.350 e. The van der Waals surface area contributed by atoms with Gasteiger partial charge in [-0.05, 0) is 43.5 Å². The first-order valence-electron chi connectivity index (χ1n) is 13.1. The van der Waals surface area contributed by atoms with Gasteiger partial charge in [-0.3, -0.25) is 10.2 Å². The third kappa shape index (κ3) is 7.06. The van der Waals surface area contributed by atoms with E-state index in [2.05, 4.69) is 32.7 Å². The number of rotatable bonds is 10. The zero-order valence-corrected chi connectivity index (χ0v) is 24.4. The van der Waals surface area contributed by atoms with Gasteiger partial charge in [-0.15, -0.1) is 0 Å². The van der Waals surface area contributed by atoms with Gasteiger partial charge in [0.1, 0.15) is 10.7 Å². The number of aromatic nitrogens is 3. The standard InChI is InChI=1S/C28H31N7O4S2/c1-3-39-26(36)24-18(2)31-28(40-24)34-27-32-23-17-35(16-20-7-5-4-6-8-20)14-13-22(23)25(33-27)30-15-19-9-11-21(12-10-19)41(29,37)38/h4-12H,3,13-17H2,1-2H3,(H2,29,37,38)(H2,30,31,32,33,34). The van der Waals surface area contributed by atoms with E-state index in [4.69, 9.17) is 19.8 Å². The molecule has 0 saturated carbocycles. The van der Waals surface area contributed by atoms with Crippen molar-refractivity contribution in [2.24, 2.45) is 5.14 Å². The Balaban J connectivity index is 1.40. The average molecular weight is 594 g/mol. The highest BCUT2D eigenvalue weighted by molar-refractivity contribution is 7.89. The summed E-state index contributed by atoms with van der Waals surface area (Å²) in [6.45, 7) is 6.53. The molecule has 0 radical (unpaired) electrons. The second kappa shape index (κ2) is 12.3. The van der Waals surface area contributed by atoms with Crippen molar-refractivity contribution < 1.29 is 17.9 Å². The molecule has 0 aliphatic carbocycles. The normalized spacial score (nSPS) is 13.4. The van der Waals surface area contributed by atoms with Gasteiger partial charge in [0, 0.05) is 31.7 Å². The van der Waals surface area contributed by atoms with Gasteiger partial charge < -0.3 is 10.1 Å².